The number of hydrogen-bond acceptors (Lipinski definition) is 3. The molecule has 0 aliphatic heterocycles. The van der Waals surface area contributed by atoms with Gasteiger partial charge in [0.25, 0.3) is 5.91 Å². The lowest BCUT2D eigenvalue weighted by Gasteiger charge is -2.11. The molecular formula is C14H16N2O4. The summed E-state index contributed by atoms with van der Waals surface area (Å²) in [5, 5.41) is 20.9. The van der Waals surface area contributed by atoms with Crippen LogP contribution in [0, 0.1) is 13.8 Å². The Kier molecular flexibility index (Phi) is 3.76. The van der Waals surface area contributed by atoms with Crippen molar-refractivity contribution >= 4 is 22.8 Å². The highest BCUT2D eigenvalue weighted by molar-refractivity contribution is 6.00. The Morgan fingerprint density at radius 1 is 1.35 bits per heavy atom. The van der Waals surface area contributed by atoms with Crippen LogP contribution in [-0.4, -0.2) is 39.7 Å². The van der Waals surface area contributed by atoms with Crippen LogP contribution < -0.4 is 5.32 Å². The van der Waals surface area contributed by atoms with Crippen LogP contribution in [0.3, 0.4) is 0 Å². The molecule has 6 nitrogen and oxygen atoms in total. The van der Waals surface area contributed by atoms with Crippen LogP contribution in [0.25, 0.3) is 10.9 Å². The molecule has 0 spiro atoms. The third-order valence-corrected chi connectivity index (χ3v) is 3.36. The zero-order chi connectivity index (χ0) is 14.9. The molecule has 0 saturated heterocycles. The molecule has 1 aromatic heterocycles. The number of aliphatic hydroxyl groups excluding tert-OH is 1. The number of H-pyrrole nitrogens is 1. The van der Waals surface area contributed by atoms with E-state index in [2.05, 4.69) is 10.3 Å². The number of benzene rings is 1. The Hall–Kier alpha value is -2.34. The van der Waals surface area contributed by atoms with Gasteiger partial charge in [-0.1, -0.05) is 0 Å². The summed E-state index contributed by atoms with van der Waals surface area (Å²) in [7, 11) is 0. The van der Waals surface area contributed by atoms with Gasteiger partial charge in [0.1, 0.15) is 0 Å². The van der Waals surface area contributed by atoms with Crippen molar-refractivity contribution in [1.82, 2.24) is 10.3 Å². The number of nitrogens with one attached hydrogen (secondary N) is 2. The predicted molar refractivity (Wildman–Crippen MR) is 73.7 cm³/mol. The predicted octanol–water partition coefficient (Wildman–Crippen LogP) is 0.960. The van der Waals surface area contributed by atoms with Gasteiger partial charge in [0.15, 0.2) is 6.04 Å². The Morgan fingerprint density at radius 2 is 2.05 bits per heavy atom. The number of amides is 1. The van der Waals surface area contributed by atoms with Gasteiger partial charge < -0.3 is 20.5 Å². The number of aromatic amines is 1. The van der Waals surface area contributed by atoms with E-state index in [1.165, 1.54) is 0 Å². The van der Waals surface area contributed by atoms with Crippen LogP contribution >= 0.6 is 0 Å². The molecule has 1 heterocycles. The van der Waals surface area contributed by atoms with E-state index in [9.17, 15) is 9.59 Å². The van der Waals surface area contributed by atoms with Gasteiger partial charge in [-0.05, 0) is 37.6 Å². The van der Waals surface area contributed by atoms with Crippen molar-refractivity contribution < 1.29 is 19.8 Å². The maximum Gasteiger partial charge on any atom is 0.328 e. The minimum Gasteiger partial charge on any atom is -0.480 e. The lowest BCUT2D eigenvalue weighted by molar-refractivity contribution is -0.140. The van der Waals surface area contributed by atoms with Gasteiger partial charge in [-0.15, -0.1) is 0 Å². The maximum absolute atomic E-state index is 12.0. The van der Waals surface area contributed by atoms with E-state index in [1.807, 2.05) is 13.8 Å². The summed E-state index contributed by atoms with van der Waals surface area (Å²) in [6.45, 7) is 3.25. The topological polar surface area (TPSA) is 102 Å². The monoisotopic (exact) mass is 276 g/mol. The molecule has 1 amide bonds. The third-order valence-electron chi connectivity index (χ3n) is 3.36. The van der Waals surface area contributed by atoms with E-state index in [0.717, 1.165) is 22.2 Å². The number of carbonyl (C=O) groups is 2. The van der Waals surface area contributed by atoms with Gasteiger partial charge in [-0.3, -0.25) is 4.79 Å². The lowest BCUT2D eigenvalue weighted by Crippen LogP contribution is -2.43. The highest BCUT2D eigenvalue weighted by atomic mass is 16.4. The minimum atomic E-state index is -1.30. The normalized spacial score (nSPS) is 12.3. The second-order valence-corrected chi connectivity index (χ2v) is 4.68. The molecule has 0 radical (unpaired) electrons. The van der Waals surface area contributed by atoms with Gasteiger partial charge in [-0.25, -0.2) is 4.79 Å². The average molecular weight is 276 g/mol. The second-order valence-electron chi connectivity index (χ2n) is 4.68. The number of carboxylic acids is 1. The first kappa shape index (κ1) is 14.1. The first-order valence-corrected chi connectivity index (χ1v) is 6.17. The molecule has 0 aliphatic rings. The zero-order valence-electron chi connectivity index (χ0n) is 11.2. The van der Waals surface area contributed by atoms with Crippen LogP contribution in [0.5, 0.6) is 0 Å². The van der Waals surface area contributed by atoms with E-state index in [4.69, 9.17) is 10.2 Å². The average Bonchev–Trinajstić information content (AvgIpc) is 2.70. The molecule has 1 atom stereocenters. The summed E-state index contributed by atoms with van der Waals surface area (Å²) in [6, 6.07) is 3.80. The Labute approximate surface area is 115 Å². The lowest BCUT2D eigenvalue weighted by atomic mass is 10.1. The number of aliphatic carboxylic acids is 1. The first-order valence-electron chi connectivity index (χ1n) is 6.17. The zero-order valence-corrected chi connectivity index (χ0v) is 11.2. The number of carboxylic acid groups (broad SMARTS) is 1. The van der Waals surface area contributed by atoms with Crippen molar-refractivity contribution in [1.29, 1.82) is 0 Å². The third kappa shape index (κ3) is 2.50. The molecule has 20 heavy (non-hydrogen) atoms. The van der Waals surface area contributed by atoms with Crippen molar-refractivity contribution in [3.8, 4) is 0 Å². The van der Waals surface area contributed by atoms with Crippen LogP contribution in [-0.2, 0) is 4.79 Å². The number of carbonyl (C=O) groups excluding carboxylic acids is 1. The van der Waals surface area contributed by atoms with Gasteiger partial charge in [0.2, 0.25) is 0 Å². The van der Waals surface area contributed by atoms with Gasteiger partial charge >= 0.3 is 5.97 Å². The molecule has 1 aromatic carbocycles. The fourth-order valence-electron chi connectivity index (χ4n) is 2.03. The number of fused-ring (bicyclic) bond motifs is 1. The summed E-state index contributed by atoms with van der Waals surface area (Å²) in [6.07, 6.45) is 0. The van der Waals surface area contributed by atoms with Crippen LogP contribution in [0.1, 0.15) is 21.6 Å². The fraction of sp³-hybridized carbons (Fsp3) is 0.286. The molecule has 2 rings (SSSR count). The Bertz CT molecular complexity index is 675. The SMILES string of the molecule is Cc1[nH]c2ccc(C(=O)N[C@H](CO)C(=O)O)cc2c1C. The molecule has 4 N–H and O–H groups in total. The van der Waals surface area contributed by atoms with Crippen LogP contribution in [0.4, 0.5) is 0 Å². The van der Waals surface area contributed by atoms with Gasteiger partial charge in [0, 0.05) is 22.2 Å². The maximum atomic E-state index is 12.0. The first-order chi connectivity index (χ1) is 9.43. The number of aryl methyl sites for hydroxylation is 2. The Balaban J connectivity index is 2.30. The molecule has 0 aliphatic carbocycles. The molecule has 0 bridgehead atoms. The standard InChI is InChI=1S/C14H16N2O4/c1-7-8(2)15-11-4-3-9(5-10(7)11)13(18)16-12(6-17)14(19)20/h3-5,12,15,17H,6H2,1-2H3,(H,16,18)(H,19,20)/t12-/m1/s1. The summed E-state index contributed by atoms with van der Waals surface area (Å²) in [5.41, 5.74) is 3.36. The quantitative estimate of drug-likeness (QED) is 0.668. The molecular weight excluding hydrogens is 260 g/mol. The fourth-order valence-corrected chi connectivity index (χ4v) is 2.03. The highest BCUT2D eigenvalue weighted by Crippen LogP contribution is 2.22. The molecule has 6 heteroatoms. The van der Waals surface area contributed by atoms with E-state index < -0.39 is 24.5 Å². The van der Waals surface area contributed by atoms with Crippen molar-refractivity contribution in [2.75, 3.05) is 6.61 Å². The molecule has 2 aromatic rings. The second kappa shape index (κ2) is 5.34. The number of aliphatic hydroxyl groups is 1. The molecule has 0 unspecified atom stereocenters. The molecule has 0 fully saturated rings. The smallest absolute Gasteiger partial charge is 0.328 e. The molecule has 106 valence electrons. The number of hydrogen-bond donors (Lipinski definition) is 4. The van der Waals surface area contributed by atoms with E-state index in [1.54, 1.807) is 18.2 Å². The van der Waals surface area contributed by atoms with Crippen molar-refractivity contribution in [3.63, 3.8) is 0 Å². The van der Waals surface area contributed by atoms with Gasteiger partial charge in [-0.2, -0.15) is 0 Å². The Morgan fingerprint density at radius 3 is 2.65 bits per heavy atom. The highest BCUT2D eigenvalue weighted by Gasteiger charge is 2.20. The summed E-state index contributed by atoms with van der Waals surface area (Å²) in [5.74, 6) is -1.79. The largest absolute Gasteiger partial charge is 0.480 e. The van der Waals surface area contributed by atoms with E-state index >= 15 is 0 Å². The van der Waals surface area contributed by atoms with Crippen LogP contribution in [0.15, 0.2) is 18.2 Å². The number of aromatic nitrogens is 1. The minimum absolute atomic E-state index is 0.360. The van der Waals surface area contributed by atoms with E-state index in [0.29, 0.717) is 5.56 Å². The van der Waals surface area contributed by atoms with Crippen molar-refractivity contribution in [3.05, 3.63) is 35.0 Å². The van der Waals surface area contributed by atoms with Crippen molar-refractivity contribution in [2.45, 2.75) is 19.9 Å². The summed E-state index contributed by atoms with van der Waals surface area (Å²) in [4.78, 5) is 26.0. The molecule has 0 saturated carbocycles. The van der Waals surface area contributed by atoms with Crippen molar-refractivity contribution in [2.24, 2.45) is 0 Å². The summed E-state index contributed by atoms with van der Waals surface area (Å²) < 4.78 is 0. The van der Waals surface area contributed by atoms with Gasteiger partial charge in [0.05, 0.1) is 6.61 Å². The number of rotatable bonds is 4. The van der Waals surface area contributed by atoms with E-state index in [-0.39, 0.29) is 0 Å². The van der Waals surface area contributed by atoms with Crippen LogP contribution in [0.2, 0.25) is 0 Å². The summed E-state index contributed by atoms with van der Waals surface area (Å²) >= 11 is 0.